The number of nitrogens with two attached hydrogens (primary N) is 1. The maximum Gasteiger partial charge on any atom is 0.259 e. The van der Waals surface area contributed by atoms with E-state index < -0.39 is 15.8 Å². The topological polar surface area (TPSA) is 90.0 Å². The molecule has 1 aliphatic rings. The van der Waals surface area contributed by atoms with Crippen LogP contribution in [-0.4, -0.2) is 24.0 Å². The van der Waals surface area contributed by atoms with Crippen LogP contribution in [0.15, 0.2) is 60.0 Å². The van der Waals surface area contributed by atoms with Crippen molar-refractivity contribution in [2.75, 3.05) is 0 Å². The van der Waals surface area contributed by atoms with Gasteiger partial charge in [0, 0.05) is 37.3 Å². The Kier molecular flexibility index (Phi) is 5.24. The molecule has 0 fully saturated rings. The Morgan fingerprint density at radius 2 is 2.03 bits per heavy atom. The molecule has 0 spiro atoms. The summed E-state index contributed by atoms with van der Waals surface area (Å²) in [5, 5.41) is -0.0921. The highest BCUT2D eigenvalue weighted by Gasteiger charge is 2.31. The van der Waals surface area contributed by atoms with Crippen LogP contribution in [0.2, 0.25) is 0 Å². The predicted molar refractivity (Wildman–Crippen MR) is 108 cm³/mol. The van der Waals surface area contributed by atoms with Gasteiger partial charge in [-0.25, -0.2) is 22.5 Å². The summed E-state index contributed by atoms with van der Waals surface area (Å²) in [5.41, 5.74) is 9.72. The van der Waals surface area contributed by atoms with Gasteiger partial charge >= 0.3 is 0 Å². The Morgan fingerprint density at radius 3 is 2.72 bits per heavy atom. The van der Waals surface area contributed by atoms with Gasteiger partial charge in [-0.15, -0.1) is 0 Å². The van der Waals surface area contributed by atoms with E-state index in [1.54, 1.807) is 17.7 Å². The first-order valence-electron chi connectivity index (χ1n) is 9.42. The molecule has 6 nitrogen and oxygen atoms in total. The summed E-state index contributed by atoms with van der Waals surface area (Å²) in [6, 6.07) is 13.2. The minimum atomic E-state index is -3.81. The maximum absolute atomic E-state index is 14.6. The average molecular weight is 415 g/mol. The largest absolute Gasteiger partial charge is 0.339 e. The van der Waals surface area contributed by atoms with Crippen LogP contribution in [0.25, 0.3) is 0 Å². The molecule has 3 aromatic rings. The minimum absolute atomic E-state index is 0.0687. The summed E-state index contributed by atoms with van der Waals surface area (Å²) in [6.07, 6.45) is 4.18. The number of aryl methyl sites for hydroxylation is 1. The number of rotatable bonds is 6. The summed E-state index contributed by atoms with van der Waals surface area (Å²) in [6.45, 7) is -0.148. The first-order chi connectivity index (χ1) is 13.8. The van der Waals surface area contributed by atoms with Gasteiger partial charge in [-0.1, -0.05) is 36.4 Å². The molecule has 0 saturated carbocycles. The second kappa shape index (κ2) is 7.70. The number of imidazole rings is 1. The van der Waals surface area contributed by atoms with E-state index in [0.717, 1.165) is 17.5 Å². The minimum Gasteiger partial charge on any atom is -0.339 e. The molecule has 3 N–H and O–H groups in total. The zero-order valence-electron chi connectivity index (χ0n) is 16.0. The van der Waals surface area contributed by atoms with Gasteiger partial charge in [0.25, 0.3) is 10.0 Å². The first-order valence-corrected chi connectivity index (χ1v) is 10.9. The number of nitrogens with zero attached hydrogens (tertiary/aromatic N) is 2. The fraction of sp³-hybridized carbons (Fsp3) is 0.286. The third-order valence-electron chi connectivity index (χ3n) is 5.39. The zero-order chi connectivity index (χ0) is 20.6. The number of sulfonamides is 1. The highest BCUT2D eigenvalue weighted by atomic mass is 32.2. The van der Waals surface area contributed by atoms with E-state index in [4.69, 9.17) is 5.73 Å². The van der Waals surface area contributed by atoms with Gasteiger partial charge in [-0.3, -0.25) is 0 Å². The van der Waals surface area contributed by atoms with Crippen molar-refractivity contribution in [3.8, 4) is 0 Å². The molecule has 1 aromatic heterocycles. The number of hydrogen-bond donors (Lipinski definition) is 2. The van der Waals surface area contributed by atoms with E-state index >= 15 is 0 Å². The van der Waals surface area contributed by atoms with Gasteiger partial charge < -0.3 is 10.3 Å². The Labute approximate surface area is 169 Å². The zero-order valence-corrected chi connectivity index (χ0v) is 16.9. The first kappa shape index (κ1) is 19.8. The van der Waals surface area contributed by atoms with Gasteiger partial charge in [-0.05, 0) is 35.6 Å². The van der Waals surface area contributed by atoms with E-state index in [0.29, 0.717) is 12.0 Å². The second-order valence-electron chi connectivity index (χ2n) is 7.51. The SMILES string of the molecule is Cn1cnc(S(=O)(=O)NCc2cc3c(cc2F)C[C@@H](N)[C@H]3Cc2ccccc2)c1. The van der Waals surface area contributed by atoms with Gasteiger partial charge in [0.2, 0.25) is 0 Å². The standard InChI is InChI=1S/C21H23FN4O2S/c1-26-12-21(24-13-26)29(27,28)25-11-16-8-17-15(9-19(16)22)10-20(23)18(17)7-14-5-3-2-4-6-14/h2-6,8-9,12-13,18,20,25H,7,10-11,23H2,1H3/t18-,20+/m0/s1. The molecular formula is C21H23FN4O2S. The number of aromatic nitrogens is 2. The van der Waals surface area contributed by atoms with E-state index in [1.165, 1.54) is 24.2 Å². The fourth-order valence-corrected chi connectivity index (χ4v) is 4.85. The summed E-state index contributed by atoms with van der Waals surface area (Å²) < 4.78 is 43.4. The maximum atomic E-state index is 14.6. The van der Waals surface area contributed by atoms with Crippen molar-refractivity contribution in [1.82, 2.24) is 14.3 Å². The van der Waals surface area contributed by atoms with Crippen LogP contribution in [0.3, 0.4) is 0 Å². The Morgan fingerprint density at radius 1 is 1.28 bits per heavy atom. The molecule has 0 unspecified atom stereocenters. The van der Waals surface area contributed by atoms with Crippen LogP contribution >= 0.6 is 0 Å². The van der Waals surface area contributed by atoms with Crippen LogP contribution in [0.1, 0.15) is 28.2 Å². The Hall–Kier alpha value is -2.55. The summed E-state index contributed by atoms with van der Waals surface area (Å²) >= 11 is 0. The number of fused-ring (bicyclic) bond motifs is 1. The lowest BCUT2D eigenvalue weighted by molar-refractivity contribution is 0.567. The van der Waals surface area contributed by atoms with Crippen molar-refractivity contribution in [3.63, 3.8) is 0 Å². The number of halogens is 1. The highest BCUT2D eigenvalue weighted by molar-refractivity contribution is 7.89. The van der Waals surface area contributed by atoms with Crippen molar-refractivity contribution in [3.05, 3.63) is 83.1 Å². The molecule has 0 aliphatic heterocycles. The van der Waals surface area contributed by atoms with Crippen molar-refractivity contribution >= 4 is 10.0 Å². The van der Waals surface area contributed by atoms with Crippen LogP contribution < -0.4 is 10.5 Å². The molecule has 0 amide bonds. The van der Waals surface area contributed by atoms with Crippen molar-refractivity contribution in [2.24, 2.45) is 12.8 Å². The summed E-state index contributed by atoms with van der Waals surface area (Å²) in [7, 11) is -2.13. The van der Waals surface area contributed by atoms with Gasteiger partial charge in [0.1, 0.15) is 5.82 Å². The molecule has 1 heterocycles. The normalized spacial score (nSPS) is 18.7. The molecule has 2 aromatic carbocycles. The molecule has 0 radical (unpaired) electrons. The van der Waals surface area contributed by atoms with Gasteiger partial charge in [0.05, 0.1) is 6.33 Å². The molecule has 152 valence electrons. The molecule has 8 heteroatoms. The second-order valence-corrected chi connectivity index (χ2v) is 9.22. The van der Waals surface area contributed by atoms with Crippen molar-refractivity contribution < 1.29 is 12.8 Å². The van der Waals surface area contributed by atoms with Crippen LogP contribution in [0.4, 0.5) is 4.39 Å². The van der Waals surface area contributed by atoms with Crippen LogP contribution in [-0.2, 0) is 36.5 Å². The smallest absolute Gasteiger partial charge is 0.259 e. The fourth-order valence-electron chi connectivity index (χ4n) is 3.87. The lowest BCUT2D eigenvalue weighted by atomic mass is 9.90. The molecule has 1 aliphatic carbocycles. The lowest BCUT2D eigenvalue weighted by Crippen LogP contribution is -2.26. The third kappa shape index (κ3) is 4.10. The number of nitrogens with one attached hydrogen (secondary N) is 1. The Balaban J connectivity index is 1.57. The van der Waals surface area contributed by atoms with E-state index in [9.17, 15) is 12.8 Å². The van der Waals surface area contributed by atoms with Crippen molar-refractivity contribution in [2.45, 2.75) is 36.4 Å². The molecular weight excluding hydrogens is 391 g/mol. The lowest BCUT2D eigenvalue weighted by Gasteiger charge is -2.18. The van der Waals surface area contributed by atoms with E-state index in [1.807, 2.05) is 18.2 Å². The van der Waals surface area contributed by atoms with Gasteiger partial charge in [-0.2, -0.15) is 0 Å². The van der Waals surface area contributed by atoms with Crippen LogP contribution in [0.5, 0.6) is 0 Å². The third-order valence-corrected chi connectivity index (χ3v) is 6.67. The summed E-state index contributed by atoms with van der Waals surface area (Å²) in [4.78, 5) is 3.85. The molecule has 2 atom stereocenters. The summed E-state index contributed by atoms with van der Waals surface area (Å²) in [5.74, 6) is -0.362. The molecule has 0 bridgehead atoms. The predicted octanol–water partition coefficient (Wildman–Crippen LogP) is 2.25. The highest BCUT2D eigenvalue weighted by Crippen LogP contribution is 2.36. The Bertz CT molecular complexity index is 1130. The van der Waals surface area contributed by atoms with E-state index in [-0.39, 0.29) is 23.5 Å². The molecule has 29 heavy (non-hydrogen) atoms. The monoisotopic (exact) mass is 414 g/mol. The molecule has 0 saturated heterocycles. The number of hydrogen-bond acceptors (Lipinski definition) is 4. The van der Waals surface area contributed by atoms with E-state index in [2.05, 4.69) is 21.8 Å². The van der Waals surface area contributed by atoms with Crippen molar-refractivity contribution in [1.29, 1.82) is 0 Å². The van der Waals surface area contributed by atoms with Gasteiger partial charge in [0.15, 0.2) is 5.03 Å². The number of benzene rings is 2. The average Bonchev–Trinajstić information content (AvgIpc) is 3.25. The molecule has 4 rings (SSSR count). The quantitative estimate of drug-likeness (QED) is 0.647. The van der Waals surface area contributed by atoms with Crippen LogP contribution in [0, 0.1) is 5.82 Å².